The molecule has 0 radical (unpaired) electrons. The molecule has 3 aromatic rings. The highest BCUT2D eigenvalue weighted by molar-refractivity contribution is 5.81. The topological polar surface area (TPSA) is 58.9 Å². The number of hydrogen-bond donors (Lipinski definition) is 1. The molecule has 0 fully saturated rings. The highest BCUT2D eigenvalue weighted by Crippen LogP contribution is 2.47. The number of nitro groups is 1. The molecule has 0 aliphatic heterocycles. The van der Waals surface area contributed by atoms with Crippen molar-refractivity contribution < 1.29 is 18.1 Å². The monoisotopic (exact) mass is 362 g/mol. The third-order valence-electron chi connectivity index (χ3n) is 4.55. The van der Waals surface area contributed by atoms with Crippen LogP contribution in [0.5, 0.6) is 0 Å². The molecular weight excluding hydrogens is 345 g/mol. The van der Waals surface area contributed by atoms with E-state index in [0.717, 1.165) is 0 Å². The number of halogens is 3. The fourth-order valence-electron chi connectivity index (χ4n) is 3.46. The molecule has 3 rings (SSSR count). The molecule has 1 heterocycles. The van der Waals surface area contributed by atoms with Crippen LogP contribution in [0.4, 0.5) is 13.2 Å². The zero-order chi connectivity index (χ0) is 19.1. The molecule has 0 saturated carbocycles. The number of nitrogens with zero attached hydrogens (tertiary/aromatic N) is 1. The van der Waals surface area contributed by atoms with E-state index in [1.807, 2.05) is 0 Å². The van der Waals surface area contributed by atoms with Crippen molar-refractivity contribution in [2.24, 2.45) is 0 Å². The van der Waals surface area contributed by atoms with Crippen LogP contribution in [0.25, 0.3) is 10.9 Å². The second-order valence-corrected chi connectivity index (χ2v) is 6.54. The Balaban J connectivity index is 2.38. The third kappa shape index (κ3) is 2.94. The summed E-state index contributed by atoms with van der Waals surface area (Å²) in [5.41, 5.74) is -1.38. The van der Waals surface area contributed by atoms with Gasteiger partial charge in [0.2, 0.25) is 6.54 Å². The van der Waals surface area contributed by atoms with Crippen LogP contribution >= 0.6 is 0 Å². The first-order valence-corrected chi connectivity index (χ1v) is 7.99. The van der Waals surface area contributed by atoms with Gasteiger partial charge in [0, 0.05) is 16.1 Å². The summed E-state index contributed by atoms with van der Waals surface area (Å²) in [7, 11) is 0. The Morgan fingerprint density at radius 2 is 1.65 bits per heavy atom. The molecule has 0 bridgehead atoms. The van der Waals surface area contributed by atoms with Crippen LogP contribution in [0, 0.1) is 24.0 Å². The van der Waals surface area contributed by atoms with Crippen LogP contribution in [0.2, 0.25) is 0 Å². The number of aromatic amines is 1. The van der Waals surface area contributed by atoms with Gasteiger partial charge in [0.1, 0.15) is 0 Å². The fourth-order valence-corrected chi connectivity index (χ4v) is 3.46. The van der Waals surface area contributed by atoms with Gasteiger partial charge < -0.3 is 4.98 Å². The number of aryl methyl sites for hydroxylation is 2. The van der Waals surface area contributed by atoms with E-state index in [1.54, 1.807) is 44.2 Å². The quantitative estimate of drug-likeness (QED) is 0.530. The predicted octanol–water partition coefficient (Wildman–Crippen LogP) is 4.91. The minimum atomic E-state index is -4.86. The number of aromatic nitrogens is 1. The lowest BCUT2D eigenvalue weighted by atomic mass is 9.75. The van der Waals surface area contributed by atoms with Gasteiger partial charge in [0.15, 0.2) is 5.41 Å². The SMILES string of the molecule is Cc1cc(C)cc(C(C[N+](=O)[O-])(c2cc3ccccc3[nH]2)C(F)(F)F)c1. The molecule has 0 saturated heterocycles. The average Bonchev–Trinajstić information content (AvgIpc) is 2.94. The van der Waals surface area contributed by atoms with Crippen molar-refractivity contribution in [3.05, 3.63) is 81.0 Å². The number of para-hydroxylation sites is 1. The van der Waals surface area contributed by atoms with Crippen molar-refractivity contribution in [1.29, 1.82) is 0 Å². The molecule has 1 atom stereocenters. The van der Waals surface area contributed by atoms with Gasteiger partial charge in [0.25, 0.3) is 0 Å². The smallest absolute Gasteiger partial charge is 0.357 e. The number of rotatable bonds is 4. The summed E-state index contributed by atoms with van der Waals surface area (Å²) in [6.45, 7) is 2.07. The Labute approximate surface area is 147 Å². The molecule has 26 heavy (non-hydrogen) atoms. The van der Waals surface area contributed by atoms with E-state index < -0.39 is 23.1 Å². The van der Waals surface area contributed by atoms with E-state index in [4.69, 9.17) is 0 Å². The summed E-state index contributed by atoms with van der Waals surface area (Å²) in [6.07, 6.45) is -4.86. The van der Waals surface area contributed by atoms with E-state index in [-0.39, 0.29) is 11.3 Å². The summed E-state index contributed by atoms with van der Waals surface area (Å²) in [5, 5.41) is 11.9. The molecular formula is C19H17F3N2O2. The molecule has 0 spiro atoms. The Bertz CT molecular complexity index is 925. The van der Waals surface area contributed by atoms with E-state index >= 15 is 0 Å². The van der Waals surface area contributed by atoms with Crippen LogP contribution in [0.15, 0.2) is 48.5 Å². The average molecular weight is 362 g/mol. The lowest BCUT2D eigenvalue weighted by molar-refractivity contribution is -0.498. The normalized spacial score (nSPS) is 14.3. The molecule has 0 aliphatic rings. The first kappa shape index (κ1) is 18.0. The molecule has 136 valence electrons. The maximum absolute atomic E-state index is 14.4. The van der Waals surface area contributed by atoms with E-state index in [9.17, 15) is 23.3 Å². The molecule has 7 heteroatoms. The standard InChI is InChI=1S/C19H17F3N2O2/c1-12-7-13(2)9-15(8-12)18(11-24(25)26,19(20,21)22)17-10-14-5-3-4-6-16(14)23-17/h3-10,23H,11H2,1-2H3. The van der Waals surface area contributed by atoms with Crippen molar-refractivity contribution in [2.75, 3.05) is 6.54 Å². The predicted molar refractivity (Wildman–Crippen MR) is 92.9 cm³/mol. The van der Waals surface area contributed by atoms with Crippen LogP contribution in [0.1, 0.15) is 22.4 Å². The van der Waals surface area contributed by atoms with Gasteiger partial charge in [-0.15, -0.1) is 0 Å². The van der Waals surface area contributed by atoms with E-state index in [2.05, 4.69) is 4.98 Å². The van der Waals surface area contributed by atoms with Crippen molar-refractivity contribution in [1.82, 2.24) is 4.98 Å². The summed E-state index contributed by atoms with van der Waals surface area (Å²) in [6, 6.07) is 12.6. The number of nitrogens with one attached hydrogen (secondary N) is 1. The lowest BCUT2D eigenvalue weighted by Gasteiger charge is -2.32. The maximum atomic E-state index is 14.4. The van der Waals surface area contributed by atoms with Crippen molar-refractivity contribution in [3.63, 3.8) is 0 Å². The molecule has 0 amide bonds. The number of hydrogen-bond acceptors (Lipinski definition) is 2. The van der Waals surface area contributed by atoms with Crippen LogP contribution in [-0.4, -0.2) is 22.6 Å². The second-order valence-electron chi connectivity index (χ2n) is 6.54. The molecule has 1 unspecified atom stereocenters. The molecule has 1 aromatic heterocycles. The van der Waals surface area contributed by atoms with Gasteiger partial charge >= 0.3 is 6.18 Å². The maximum Gasteiger partial charge on any atom is 0.410 e. The van der Waals surface area contributed by atoms with Crippen LogP contribution < -0.4 is 0 Å². The summed E-state index contributed by atoms with van der Waals surface area (Å²) >= 11 is 0. The van der Waals surface area contributed by atoms with Crippen LogP contribution in [-0.2, 0) is 5.41 Å². The van der Waals surface area contributed by atoms with Crippen molar-refractivity contribution in [2.45, 2.75) is 25.4 Å². The molecule has 2 aromatic carbocycles. The number of benzene rings is 2. The zero-order valence-electron chi connectivity index (χ0n) is 14.2. The largest absolute Gasteiger partial charge is 0.410 e. The Kier molecular flexibility index (Phi) is 4.26. The van der Waals surface area contributed by atoms with Gasteiger partial charge in [-0.05, 0) is 36.9 Å². The Hall–Kier alpha value is -2.83. The Morgan fingerprint density at radius 3 is 2.19 bits per heavy atom. The first-order chi connectivity index (χ1) is 12.1. The second kappa shape index (κ2) is 6.16. The van der Waals surface area contributed by atoms with E-state index in [1.165, 1.54) is 18.2 Å². The number of alkyl halides is 3. The third-order valence-corrected chi connectivity index (χ3v) is 4.55. The summed E-state index contributed by atoms with van der Waals surface area (Å²) in [5.74, 6) is 0. The lowest BCUT2D eigenvalue weighted by Crippen LogP contribution is -2.49. The van der Waals surface area contributed by atoms with Crippen molar-refractivity contribution in [3.8, 4) is 0 Å². The van der Waals surface area contributed by atoms with Gasteiger partial charge in [-0.3, -0.25) is 10.1 Å². The van der Waals surface area contributed by atoms with E-state index in [0.29, 0.717) is 22.0 Å². The number of H-pyrrole nitrogens is 1. The minimum Gasteiger partial charge on any atom is -0.357 e. The van der Waals surface area contributed by atoms with Crippen molar-refractivity contribution >= 4 is 10.9 Å². The van der Waals surface area contributed by atoms with Gasteiger partial charge in [0.05, 0.1) is 0 Å². The summed E-state index contributed by atoms with van der Waals surface area (Å²) < 4.78 is 43.1. The first-order valence-electron chi connectivity index (χ1n) is 7.99. The minimum absolute atomic E-state index is 0.134. The molecule has 1 N–H and O–H groups in total. The molecule has 4 nitrogen and oxygen atoms in total. The molecule has 0 aliphatic carbocycles. The fraction of sp³-hybridized carbons (Fsp3) is 0.263. The Morgan fingerprint density at radius 1 is 1.04 bits per heavy atom. The van der Waals surface area contributed by atoms with Gasteiger partial charge in [-0.2, -0.15) is 13.2 Å². The highest BCUT2D eigenvalue weighted by Gasteiger charge is 2.62. The summed E-state index contributed by atoms with van der Waals surface area (Å²) in [4.78, 5) is 13.1. The highest BCUT2D eigenvalue weighted by atomic mass is 19.4. The zero-order valence-corrected chi connectivity index (χ0v) is 14.2. The number of fused-ring (bicyclic) bond motifs is 1. The van der Waals surface area contributed by atoms with Crippen LogP contribution in [0.3, 0.4) is 0 Å². The van der Waals surface area contributed by atoms with Gasteiger partial charge in [-0.25, -0.2) is 0 Å². The van der Waals surface area contributed by atoms with Gasteiger partial charge in [-0.1, -0.05) is 47.5 Å².